The van der Waals surface area contributed by atoms with Gasteiger partial charge >= 0.3 is 6.09 Å². The fraction of sp³-hybridized carbons (Fsp3) is 0.278. The Morgan fingerprint density at radius 1 is 1.05 bits per heavy atom. The van der Waals surface area contributed by atoms with Crippen LogP contribution in [0.4, 0.5) is 21.9 Å². The molecule has 0 spiro atoms. The van der Waals surface area contributed by atoms with Crippen molar-refractivity contribution in [2.75, 3.05) is 17.2 Å². The van der Waals surface area contributed by atoms with Crippen LogP contribution < -0.4 is 10.6 Å². The van der Waals surface area contributed by atoms with Gasteiger partial charge in [0.1, 0.15) is 0 Å². The van der Waals surface area contributed by atoms with Crippen molar-refractivity contribution in [3.8, 4) is 0 Å². The molecule has 22 heavy (non-hydrogen) atoms. The SMILES string of the molecule is CCCCOC(=O)Nc1ccccc1Nc1ccc(C)cc1. The van der Waals surface area contributed by atoms with E-state index < -0.39 is 6.09 Å². The highest BCUT2D eigenvalue weighted by atomic mass is 16.5. The van der Waals surface area contributed by atoms with Crippen molar-refractivity contribution >= 4 is 23.2 Å². The highest BCUT2D eigenvalue weighted by Crippen LogP contribution is 2.25. The van der Waals surface area contributed by atoms with Gasteiger partial charge < -0.3 is 10.1 Å². The van der Waals surface area contributed by atoms with E-state index in [9.17, 15) is 4.79 Å². The number of carbonyl (C=O) groups excluding carboxylic acids is 1. The van der Waals surface area contributed by atoms with Crippen LogP contribution in [0.25, 0.3) is 0 Å². The number of benzene rings is 2. The maximum absolute atomic E-state index is 11.8. The third-order valence-corrected chi connectivity index (χ3v) is 3.23. The summed E-state index contributed by atoms with van der Waals surface area (Å²) in [7, 11) is 0. The highest BCUT2D eigenvalue weighted by molar-refractivity contribution is 5.90. The number of amides is 1. The summed E-state index contributed by atoms with van der Waals surface area (Å²) < 4.78 is 5.13. The molecule has 0 aliphatic rings. The molecule has 2 aromatic rings. The van der Waals surface area contributed by atoms with Crippen LogP contribution in [0.5, 0.6) is 0 Å². The van der Waals surface area contributed by atoms with Crippen LogP contribution in [0.15, 0.2) is 48.5 Å². The average molecular weight is 298 g/mol. The normalized spacial score (nSPS) is 10.1. The van der Waals surface area contributed by atoms with Gasteiger partial charge in [0.2, 0.25) is 0 Å². The minimum absolute atomic E-state index is 0.424. The predicted octanol–water partition coefficient (Wildman–Crippen LogP) is 5.09. The van der Waals surface area contributed by atoms with Crippen LogP contribution in [0.3, 0.4) is 0 Å². The van der Waals surface area contributed by atoms with Crippen molar-refractivity contribution in [3.63, 3.8) is 0 Å². The first-order chi connectivity index (χ1) is 10.7. The van der Waals surface area contributed by atoms with E-state index in [1.165, 1.54) is 5.56 Å². The zero-order valence-corrected chi connectivity index (χ0v) is 13.1. The first-order valence-electron chi connectivity index (χ1n) is 7.55. The van der Waals surface area contributed by atoms with Crippen molar-refractivity contribution < 1.29 is 9.53 Å². The van der Waals surface area contributed by atoms with E-state index in [1.54, 1.807) is 0 Å². The van der Waals surface area contributed by atoms with E-state index in [0.717, 1.165) is 24.2 Å². The zero-order valence-electron chi connectivity index (χ0n) is 13.1. The van der Waals surface area contributed by atoms with E-state index in [2.05, 4.69) is 17.6 Å². The number of para-hydroxylation sites is 2. The second-order valence-electron chi connectivity index (χ2n) is 5.15. The van der Waals surface area contributed by atoms with Gasteiger partial charge in [-0.25, -0.2) is 4.79 Å². The summed E-state index contributed by atoms with van der Waals surface area (Å²) in [5.74, 6) is 0. The lowest BCUT2D eigenvalue weighted by Crippen LogP contribution is -2.15. The number of hydrogen-bond donors (Lipinski definition) is 2. The minimum Gasteiger partial charge on any atom is -0.449 e. The molecule has 0 atom stereocenters. The molecule has 0 heterocycles. The lowest BCUT2D eigenvalue weighted by atomic mass is 10.2. The molecule has 2 rings (SSSR count). The summed E-state index contributed by atoms with van der Waals surface area (Å²) in [6.45, 7) is 4.55. The maximum atomic E-state index is 11.8. The number of ether oxygens (including phenoxy) is 1. The second-order valence-corrected chi connectivity index (χ2v) is 5.15. The van der Waals surface area contributed by atoms with Crippen LogP contribution in [0, 0.1) is 6.92 Å². The molecular weight excluding hydrogens is 276 g/mol. The number of nitrogens with one attached hydrogen (secondary N) is 2. The molecule has 0 aromatic heterocycles. The van der Waals surface area contributed by atoms with Gasteiger partial charge in [-0.15, -0.1) is 0 Å². The van der Waals surface area contributed by atoms with Crippen LogP contribution in [0.1, 0.15) is 25.3 Å². The Morgan fingerprint density at radius 2 is 1.73 bits per heavy atom. The summed E-state index contributed by atoms with van der Waals surface area (Å²) >= 11 is 0. The molecule has 0 saturated heterocycles. The number of rotatable bonds is 6. The largest absolute Gasteiger partial charge is 0.449 e. The standard InChI is InChI=1S/C18H22N2O2/c1-3-4-13-22-18(21)20-17-8-6-5-7-16(17)19-15-11-9-14(2)10-12-15/h5-12,19H,3-4,13H2,1-2H3,(H,20,21). The molecule has 4 heteroatoms. The number of anilines is 3. The lowest BCUT2D eigenvalue weighted by molar-refractivity contribution is 0.160. The Hall–Kier alpha value is -2.49. The van der Waals surface area contributed by atoms with Gasteiger partial charge in [0.05, 0.1) is 18.0 Å². The fourth-order valence-electron chi connectivity index (χ4n) is 1.95. The molecule has 116 valence electrons. The van der Waals surface area contributed by atoms with E-state index in [1.807, 2.05) is 55.5 Å². The average Bonchev–Trinajstić information content (AvgIpc) is 2.52. The minimum atomic E-state index is -0.424. The van der Waals surface area contributed by atoms with Gasteiger partial charge in [-0.05, 0) is 37.6 Å². The Labute approximate surface area is 131 Å². The molecule has 0 radical (unpaired) electrons. The predicted molar refractivity (Wildman–Crippen MR) is 90.8 cm³/mol. The molecule has 0 unspecified atom stereocenters. The number of hydrogen-bond acceptors (Lipinski definition) is 3. The van der Waals surface area contributed by atoms with Crippen molar-refractivity contribution in [1.29, 1.82) is 0 Å². The molecule has 1 amide bonds. The summed E-state index contributed by atoms with van der Waals surface area (Å²) in [5, 5.41) is 6.08. The quantitative estimate of drug-likeness (QED) is 0.730. The topological polar surface area (TPSA) is 50.4 Å². The maximum Gasteiger partial charge on any atom is 0.411 e. The smallest absolute Gasteiger partial charge is 0.411 e. The molecule has 0 saturated carbocycles. The molecule has 0 bridgehead atoms. The van der Waals surface area contributed by atoms with Gasteiger partial charge in [0.25, 0.3) is 0 Å². The van der Waals surface area contributed by atoms with Crippen molar-refractivity contribution in [1.82, 2.24) is 0 Å². The van der Waals surface area contributed by atoms with E-state index in [0.29, 0.717) is 12.3 Å². The summed E-state index contributed by atoms with van der Waals surface area (Å²) in [6.07, 6.45) is 1.45. The zero-order chi connectivity index (χ0) is 15.8. The third-order valence-electron chi connectivity index (χ3n) is 3.23. The molecule has 2 N–H and O–H groups in total. The van der Waals surface area contributed by atoms with Crippen LogP contribution >= 0.6 is 0 Å². The van der Waals surface area contributed by atoms with Gasteiger partial charge in [-0.2, -0.15) is 0 Å². The molecule has 2 aromatic carbocycles. The van der Waals surface area contributed by atoms with E-state index in [4.69, 9.17) is 4.74 Å². The Bertz CT molecular complexity index is 609. The van der Waals surface area contributed by atoms with Crippen molar-refractivity contribution in [2.24, 2.45) is 0 Å². The number of aryl methyl sites for hydroxylation is 1. The van der Waals surface area contributed by atoms with Gasteiger partial charge in [-0.3, -0.25) is 5.32 Å². The molecule has 4 nitrogen and oxygen atoms in total. The lowest BCUT2D eigenvalue weighted by Gasteiger charge is -2.13. The van der Waals surface area contributed by atoms with Gasteiger partial charge in [-0.1, -0.05) is 43.2 Å². The Morgan fingerprint density at radius 3 is 2.41 bits per heavy atom. The summed E-state index contributed by atoms with van der Waals surface area (Å²) in [4.78, 5) is 11.8. The third kappa shape index (κ3) is 4.81. The van der Waals surface area contributed by atoms with Crippen LogP contribution in [0.2, 0.25) is 0 Å². The summed E-state index contributed by atoms with van der Waals surface area (Å²) in [5.41, 5.74) is 3.71. The summed E-state index contributed by atoms with van der Waals surface area (Å²) in [6, 6.07) is 15.7. The van der Waals surface area contributed by atoms with Gasteiger partial charge in [0, 0.05) is 5.69 Å². The van der Waals surface area contributed by atoms with Crippen molar-refractivity contribution in [3.05, 3.63) is 54.1 Å². The van der Waals surface area contributed by atoms with E-state index in [-0.39, 0.29) is 0 Å². The van der Waals surface area contributed by atoms with Crippen LogP contribution in [-0.4, -0.2) is 12.7 Å². The van der Waals surface area contributed by atoms with E-state index >= 15 is 0 Å². The fourth-order valence-corrected chi connectivity index (χ4v) is 1.95. The Kier molecular flexibility index (Phi) is 5.83. The highest BCUT2D eigenvalue weighted by Gasteiger charge is 2.07. The molecule has 0 aliphatic carbocycles. The molecular formula is C18H22N2O2. The Balaban J connectivity index is 2.03. The van der Waals surface area contributed by atoms with Crippen LogP contribution in [-0.2, 0) is 4.74 Å². The first-order valence-corrected chi connectivity index (χ1v) is 7.55. The molecule has 0 fully saturated rings. The second kappa shape index (κ2) is 8.08. The van der Waals surface area contributed by atoms with Gasteiger partial charge in [0.15, 0.2) is 0 Å². The number of unbranched alkanes of at least 4 members (excludes halogenated alkanes) is 1. The van der Waals surface area contributed by atoms with Crippen molar-refractivity contribution in [2.45, 2.75) is 26.7 Å². The number of carbonyl (C=O) groups is 1. The molecule has 0 aliphatic heterocycles. The monoisotopic (exact) mass is 298 g/mol. The first kappa shape index (κ1) is 15.9.